The second kappa shape index (κ2) is 3.45. The highest BCUT2D eigenvalue weighted by Crippen LogP contribution is 2.21. The number of anilines is 1. The largest absolute Gasteiger partial charge is 0.389 e. The summed E-state index contributed by atoms with van der Waals surface area (Å²) in [5.74, 6) is 0. The summed E-state index contributed by atoms with van der Waals surface area (Å²) in [4.78, 5) is 0. The maximum Gasteiger partial charge on any atom is 0.142 e. The van der Waals surface area contributed by atoms with Crippen LogP contribution in [0.3, 0.4) is 0 Å². The predicted molar refractivity (Wildman–Crippen MR) is 62.9 cm³/mol. The van der Waals surface area contributed by atoms with Gasteiger partial charge in [-0.2, -0.15) is 0 Å². The molecule has 0 saturated heterocycles. The minimum Gasteiger partial charge on any atom is -0.389 e. The van der Waals surface area contributed by atoms with Crippen molar-refractivity contribution in [1.82, 2.24) is 0 Å². The van der Waals surface area contributed by atoms with Crippen LogP contribution in [0.5, 0.6) is 0 Å². The van der Waals surface area contributed by atoms with Crippen molar-refractivity contribution in [3.8, 4) is 0 Å². The number of hydrogen-bond donors (Lipinski definition) is 1. The summed E-state index contributed by atoms with van der Waals surface area (Å²) in [5, 5.41) is 3.17. The Hall–Kier alpha value is -0.915. The zero-order valence-corrected chi connectivity index (χ0v) is 9.23. The zero-order valence-electron chi connectivity index (χ0n) is 9.23. The maximum absolute atomic E-state index is 3.17. The third-order valence-corrected chi connectivity index (χ3v) is 2.36. The Bertz CT molecular complexity index is 299. The summed E-state index contributed by atoms with van der Waals surface area (Å²) in [7, 11) is 4.10. The first-order valence-electron chi connectivity index (χ1n) is 4.74. The fourth-order valence-corrected chi connectivity index (χ4v) is 1.41. The monoisotopic (exact) mass is 175 g/mol. The fourth-order valence-electron chi connectivity index (χ4n) is 1.41. The third-order valence-electron chi connectivity index (χ3n) is 2.36. The molecule has 0 unspecified atom stereocenters. The van der Waals surface area contributed by atoms with Crippen molar-refractivity contribution in [3.05, 3.63) is 23.8 Å². The van der Waals surface area contributed by atoms with Crippen LogP contribution in [0.2, 0.25) is 0 Å². The SMILES string of the molecule is Bc1cc(C(C)(C)C)ccc1NC. The highest BCUT2D eigenvalue weighted by atomic mass is 14.8. The molecule has 0 heterocycles. The van der Waals surface area contributed by atoms with Gasteiger partial charge in [0.25, 0.3) is 0 Å². The molecule has 1 rings (SSSR count). The van der Waals surface area contributed by atoms with Crippen molar-refractivity contribution in [2.45, 2.75) is 26.2 Å². The molecule has 1 N–H and O–H groups in total. The summed E-state index contributed by atoms with van der Waals surface area (Å²) in [6.45, 7) is 6.71. The van der Waals surface area contributed by atoms with Crippen LogP contribution < -0.4 is 10.8 Å². The Balaban J connectivity index is 3.10. The van der Waals surface area contributed by atoms with E-state index in [1.54, 1.807) is 0 Å². The van der Waals surface area contributed by atoms with Crippen molar-refractivity contribution in [1.29, 1.82) is 0 Å². The molecule has 0 amide bonds. The molecule has 0 aliphatic rings. The summed E-state index contributed by atoms with van der Waals surface area (Å²) < 4.78 is 0. The molecule has 0 aliphatic carbocycles. The van der Waals surface area contributed by atoms with E-state index in [0.717, 1.165) is 0 Å². The first kappa shape index (κ1) is 10.2. The lowest BCUT2D eigenvalue weighted by Gasteiger charge is -2.20. The Labute approximate surface area is 82.0 Å². The predicted octanol–water partition coefficient (Wildman–Crippen LogP) is 1.28. The summed E-state index contributed by atoms with van der Waals surface area (Å²) in [6, 6.07) is 6.60. The van der Waals surface area contributed by atoms with Gasteiger partial charge in [-0.3, -0.25) is 0 Å². The molecular formula is C11H18BN. The van der Waals surface area contributed by atoms with E-state index in [-0.39, 0.29) is 5.41 Å². The Morgan fingerprint density at radius 3 is 2.23 bits per heavy atom. The molecule has 0 spiro atoms. The summed E-state index contributed by atoms with van der Waals surface area (Å²) in [6.07, 6.45) is 0. The van der Waals surface area contributed by atoms with Crippen LogP contribution in [0.25, 0.3) is 0 Å². The Morgan fingerprint density at radius 1 is 1.23 bits per heavy atom. The second-order valence-corrected chi connectivity index (χ2v) is 4.53. The van der Waals surface area contributed by atoms with Gasteiger partial charge < -0.3 is 5.32 Å². The highest BCUT2D eigenvalue weighted by molar-refractivity contribution is 6.35. The van der Waals surface area contributed by atoms with E-state index in [0.29, 0.717) is 0 Å². The van der Waals surface area contributed by atoms with Crippen molar-refractivity contribution in [2.75, 3.05) is 12.4 Å². The molecule has 0 atom stereocenters. The van der Waals surface area contributed by atoms with Crippen LogP contribution in [0, 0.1) is 0 Å². The van der Waals surface area contributed by atoms with E-state index < -0.39 is 0 Å². The van der Waals surface area contributed by atoms with Gasteiger partial charge in [0.1, 0.15) is 7.85 Å². The van der Waals surface area contributed by atoms with Crippen molar-refractivity contribution in [2.24, 2.45) is 0 Å². The molecule has 1 nitrogen and oxygen atoms in total. The van der Waals surface area contributed by atoms with Crippen molar-refractivity contribution >= 4 is 19.0 Å². The van der Waals surface area contributed by atoms with Crippen molar-refractivity contribution in [3.63, 3.8) is 0 Å². The van der Waals surface area contributed by atoms with Gasteiger partial charge in [0.2, 0.25) is 0 Å². The molecule has 0 aliphatic heterocycles. The van der Waals surface area contributed by atoms with Crippen LogP contribution in [0.15, 0.2) is 18.2 Å². The van der Waals surface area contributed by atoms with Gasteiger partial charge in [0.15, 0.2) is 0 Å². The van der Waals surface area contributed by atoms with Crippen LogP contribution >= 0.6 is 0 Å². The summed E-state index contributed by atoms with van der Waals surface area (Å²) >= 11 is 0. The third kappa shape index (κ3) is 2.27. The smallest absolute Gasteiger partial charge is 0.142 e. The van der Waals surface area contributed by atoms with Gasteiger partial charge in [-0.05, 0) is 17.0 Å². The lowest BCUT2D eigenvalue weighted by Crippen LogP contribution is -2.17. The number of nitrogens with one attached hydrogen (secondary N) is 1. The number of hydrogen-bond acceptors (Lipinski definition) is 1. The number of rotatable bonds is 1. The summed E-state index contributed by atoms with van der Waals surface area (Å²) in [5.41, 5.74) is 4.17. The number of benzene rings is 1. The van der Waals surface area contributed by atoms with Crippen LogP contribution in [0.1, 0.15) is 26.3 Å². The minimum atomic E-state index is 0.247. The fraction of sp³-hybridized carbons (Fsp3) is 0.455. The van der Waals surface area contributed by atoms with Gasteiger partial charge in [0, 0.05) is 12.7 Å². The van der Waals surface area contributed by atoms with Gasteiger partial charge in [-0.1, -0.05) is 38.4 Å². The standard InChI is InChI=1S/C11H18BN/c1-11(2,3)8-5-6-10(13-4)9(12)7-8/h5-7,13H,12H2,1-4H3. The molecule has 0 bridgehead atoms. The molecule has 1 aromatic rings. The molecule has 1 aromatic carbocycles. The molecule has 0 fully saturated rings. The van der Waals surface area contributed by atoms with E-state index in [4.69, 9.17) is 0 Å². The van der Waals surface area contributed by atoms with E-state index >= 15 is 0 Å². The maximum atomic E-state index is 3.17. The highest BCUT2D eigenvalue weighted by Gasteiger charge is 2.13. The molecule has 70 valence electrons. The molecule has 0 aromatic heterocycles. The van der Waals surface area contributed by atoms with E-state index in [9.17, 15) is 0 Å². The second-order valence-electron chi connectivity index (χ2n) is 4.53. The lowest BCUT2D eigenvalue weighted by atomic mass is 9.82. The topological polar surface area (TPSA) is 12.0 Å². The van der Waals surface area contributed by atoms with Crippen LogP contribution in [-0.4, -0.2) is 14.9 Å². The molecule has 0 saturated carbocycles. The quantitative estimate of drug-likeness (QED) is 0.634. The average molecular weight is 175 g/mol. The van der Waals surface area contributed by atoms with Gasteiger partial charge in [-0.25, -0.2) is 0 Å². The molecule has 0 radical (unpaired) electrons. The van der Waals surface area contributed by atoms with Gasteiger partial charge in [0.05, 0.1) is 0 Å². The van der Waals surface area contributed by atoms with Gasteiger partial charge >= 0.3 is 0 Å². The van der Waals surface area contributed by atoms with E-state index in [1.807, 2.05) is 7.05 Å². The Morgan fingerprint density at radius 2 is 1.85 bits per heavy atom. The lowest BCUT2D eigenvalue weighted by molar-refractivity contribution is 0.591. The zero-order chi connectivity index (χ0) is 10.1. The normalized spacial score (nSPS) is 11.4. The molecular weight excluding hydrogens is 157 g/mol. The first-order chi connectivity index (χ1) is 5.95. The van der Waals surface area contributed by atoms with Crippen LogP contribution in [-0.2, 0) is 5.41 Å². The van der Waals surface area contributed by atoms with E-state index in [2.05, 4.69) is 52.1 Å². The minimum absolute atomic E-state index is 0.247. The Kier molecular flexibility index (Phi) is 2.70. The van der Waals surface area contributed by atoms with E-state index in [1.165, 1.54) is 16.7 Å². The van der Waals surface area contributed by atoms with Crippen LogP contribution in [0.4, 0.5) is 5.69 Å². The molecule has 2 heteroatoms. The van der Waals surface area contributed by atoms with Crippen molar-refractivity contribution < 1.29 is 0 Å². The van der Waals surface area contributed by atoms with Gasteiger partial charge in [-0.15, -0.1) is 0 Å². The average Bonchev–Trinajstić information content (AvgIpc) is 2.02. The molecule has 13 heavy (non-hydrogen) atoms. The first-order valence-corrected chi connectivity index (χ1v) is 4.74.